The fraction of sp³-hybridized carbons (Fsp3) is 0.200. The maximum Gasteiger partial charge on any atom is 0.397 e. The summed E-state index contributed by atoms with van der Waals surface area (Å²) in [4.78, 5) is 23.9. The van der Waals surface area contributed by atoms with Gasteiger partial charge in [0.25, 0.3) is 0 Å². The third-order valence-electron chi connectivity index (χ3n) is 2.11. The summed E-state index contributed by atoms with van der Waals surface area (Å²) in [5, 5.41) is 0. The molecule has 4 nitrogen and oxygen atoms in total. The highest BCUT2D eigenvalue weighted by Crippen LogP contribution is 2.19. The largest absolute Gasteiger partial charge is 0.457 e. The molecule has 1 aromatic carbocycles. The number of rotatable bonds is 1. The van der Waals surface area contributed by atoms with Crippen LogP contribution >= 0.6 is 15.9 Å². The van der Waals surface area contributed by atoms with Crippen molar-refractivity contribution in [2.24, 2.45) is 0 Å². The zero-order valence-corrected chi connectivity index (χ0v) is 9.36. The van der Waals surface area contributed by atoms with Crippen LogP contribution < -0.4 is 4.90 Å². The number of morpholine rings is 1. The molecule has 2 rings (SSSR count). The van der Waals surface area contributed by atoms with Gasteiger partial charge in [-0.25, -0.2) is 4.79 Å². The van der Waals surface area contributed by atoms with Gasteiger partial charge in [-0.3, -0.25) is 9.69 Å². The van der Waals surface area contributed by atoms with Gasteiger partial charge in [0.2, 0.25) is 0 Å². The summed E-state index contributed by atoms with van der Waals surface area (Å²) in [6.07, 6.45) is 0. The van der Waals surface area contributed by atoms with Gasteiger partial charge in [0.05, 0.1) is 6.54 Å². The van der Waals surface area contributed by atoms with E-state index in [0.29, 0.717) is 12.2 Å². The number of ether oxygens (including phenoxy) is 1. The first kappa shape index (κ1) is 10.2. The van der Waals surface area contributed by atoms with Crippen molar-refractivity contribution in [3.8, 4) is 0 Å². The predicted octanol–water partition coefficient (Wildman–Crippen LogP) is 1.34. The number of hydrogen-bond donors (Lipinski definition) is 0. The van der Waals surface area contributed by atoms with Gasteiger partial charge in [-0.2, -0.15) is 0 Å². The Hall–Kier alpha value is -1.36. The summed E-state index contributed by atoms with van der Waals surface area (Å²) >= 11 is 3.30. The van der Waals surface area contributed by atoms with Crippen molar-refractivity contribution in [1.82, 2.24) is 0 Å². The highest BCUT2D eigenvalue weighted by atomic mass is 79.9. The van der Waals surface area contributed by atoms with Crippen LogP contribution in [0, 0.1) is 0 Å². The lowest BCUT2D eigenvalue weighted by molar-refractivity contribution is -0.156. The van der Waals surface area contributed by atoms with E-state index < -0.39 is 11.9 Å². The number of carbonyl (C=O) groups is 2. The van der Waals surface area contributed by atoms with Gasteiger partial charge in [-0.15, -0.1) is 0 Å². The number of hydrogen-bond acceptors (Lipinski definition) is 3. The molecule has 1 saturated heterocycles. The highest BCUT2D eigenvalue weighted by Gasteiger charge is 2.28. The zero-order valence-electron chi connectivity index (χ0n) is 7.77. The summed E-state index contributed by atoms with van der Waals surface area (Å²) in [6.45, 7) is 0.660. The Bertz CT molecular complexity index is 402. The number of carbonyl (C=O) groups excluding carboxylic acids is 2. The molecule has 5 heteroatoms. The molecular weight excluding hydrogens is 262 g/mol. The molecule has 15 heavy (non-hydrogen) atoms. The summed E-state index contributed by atoms with van der Waals surface area (Å²) in [5.41, 5.74) is 0.708. The van der Waals surface area contributed by atoms with Crippen molar-refractivity contribution >= 4 is 33.5 Å². The normalized spacial score (nSPS) is 16.5. The number of benzene rings is 1. The van der Waals surface area contributed by atoms with Crippen molar-refractivity contribution in [3.63, 3.8) is 0 Å². The van der Waals surface area contributed by atoms with E-state index in [-0.39, 0.29) is 6.61 Å². The average Bonchev–Trinajstić information content (AvgIpc) is 2.24. The van der Waals surface area contributed by atoms with E-state index in [1.165, 1.54) is 4.90 Å². The Balaban J connectivity index is 2.26. The smallest absolute Gasteiger partial charge is 0.397 e. The van der Waals surface area contributed by atoms with Crippen LogP contribution in [0.25, 0.3) is 0 Å². The molecule has 0 saturated carbocycles. The molecule has 1 aliphatic rings. The molecule has 0 aliphatic carbocycles. The van der Waals surface area contributed by atoms with Crippen molar-refractivity contribution in [1.29, 1.82) is 0 Å². The average molecular weight is 270 g/mol. The minimum Gasteiger partial charge on any atom is -0.457 e. The second-order valence-electron chi connectivity index (χ2n) is 3.07. The molecule has 1 heterocycles. The van der Waals surface area contributed by atoms with E-state index in [4.69, 9.17) is 0 Å². The summed E-state index contributed by atoms with van der Waals surface area (Å²) in [6, 6.07) is 7.20. The molecule has 1 aromatic rings. The van der Waals surface area contributed by atoms with Crippen LogP contribution in [0.2, 0.25) is 0 Å². The predicted molar refractivity (Wildman–Crippen MR) is 57.5 cm³/mol. The van der Waals surface area contributed by atoms with E-state index in [9.17, 15) is 9.59 Å². The van der Waals surface area contributed by atoms with Crippen LogP contribution in [0.4, 0.5) is 5.69 Å². The third kappa shape index (κ3) is 2.02. The molecule has 0 radical (unpaired) electrons. The molecule has 0 aromatic heterocycles. The lowest BCUT2D eigenvalue weighted by Gasteiger charge is -2.25. The minimum atomic E-state index is -0.788. The lowest BCUT2D eigenvalue weighted by Crippen LogP contribution is -2.45. The Kier molecular flexibility index (Phi) is 2.73. The van der Waals surface area contributed by atoms with E-state index in [1.54, 1.807) is 12.1 Å². The molecule has 78 valence electrons. The van der Waals surface area contributed by atoms with E-state index >= 15 is 0 Å². The number of nitrogens with zero attached hydrogens (tertiary/aromatic N) is 1. The number of cyclic esters (lactones) is 1. The van der Waals surface area contributed by atoms with Crippen LogP contribution in [-0.4, -0.2) is 25.0 Å². The van der Waals surface area contributed by atoms with E-state index in [0.717, 1.165) is 4.47 Å². The third-order valence-corrected chi connectivity index (χ3v) is 2.63. The van der Waals surface area contributed by atoms with Gasteiger partial charge in [0.1, 0.15) is 6.61 Å². The zero-order chi connectivity index (χ0) is 10.8. The first-order valence-electron chi connectivity index (χ1n) is 4.42. The molecular formula is C10H8BrNO3. The van der Waals surface area contributed by atoms with Gasteiger partial charge >= 0.3 is 11.9 Å². The second-order valence-corrected chi connectivity index (χ2v) is 3.98. The molecule has 0 atom stereocenters. The summed E-state index contributed by atoms with van der Waals surface area (Å²) in [5.74, 6) is -1.40. The van der Waals surface area contributed by atoms with Crippen molar-refractivity contribution < 1.29 is 14.3 Å². The van der Waals surface area contributed by atoms with E-state index in [2.05, 4.69) is 20.7 Å². The lowest BCUT2D eigenvalue weighted by atomic mass is 10.2. The minimum absolute atomic E-state index is 0.251. The standard InChI is InChI=1S/C10H8BrNO3/c11-7-1-3-8(4-2-7)12-5-6-15-10(14)9(12)13/h1-4H,5-6H2. The highest BCUT2D eigenvalue weighted by molar-refractivity contribution is 9.10. The summed E-state index contributed by atoms with van der Waals surface area (Å²) in [7, 11) is 0. The number of esters is 1. The molecule has 0 spiro atoms. The number of anilines is 1. The monoisotopic (exact) mass is 269 g/mol. The van der Waals surface area contributed by atoms with Gasteiger partial charge in [0, 0.05) is 10.2 Å². The number of amides is 1. The summed E-state index contributed by atoms with van der Waals surface area (Å²) < 4.78 is 5.56. The number of halogens is 1. The first-order valence-corrected chi connectivity index (χ1v) is 5.22. The Labute approximate surface area is 94.9 Å². The van der Waals surface area contributed by atoms with Crippen LogP contribution in [0.5, 0.6) is 0 Å². The van der Waals surface area contributed by atoms with Crippen molar-refractivity contribution in [3.05, 3.63) is 28.7 Å². The van der Waals surface area contributed by atoms with E-state index in [1.807, 2.05) is 12.1 Å². The SMILES string of the molecule is O=C1OCCN(c2ccc(Br)cc2)C1=O. The van der Waals surface area contributed by atoms with Gasteiger partial charge < -0.3 is 4.74 Å². The maximum atomic E-state index is 11.5. The molecule has 0 bridgehead atoms. The van der Waals surface area contributed by atoms with Crippen LogP contribution in [0.15, 0.2) is 28.7 Å². The Morgan fingerprint density at radius 2 is 1.87 bits per heavy atom. The van der Waals surface area contributed by atoms with Crippen molar-refractivity contribution in [2.75, 3.05) is 18.1 Å². The van der Waals surface area contributed by atoms with Crippen molar-refractivity contribution in [2.45, 2.75) is 0 Å². The van der Waals surface area contributed by atoms with Crippen LogP contribution in [0.3, 0.4) is 0 Å². The maximum absolute atomic E-state index is 11.5. The first-order chi connectivity index (χ1) is 7.18. The fourth-order valence-corrected chi connectivity index (χ4v) is 1.63. The molecule has 1 amide bonds. The Morgan fingerprint density at radius 3 is 2.53 bits per heavy atom. The van der Waals surface area contributed by atoms with Crippen LogP contribution in [0.1, 0.15) is 0 Å². The van der Waals surface area contributed by atoms with Crippen LogP contribution in [-0.2, 0) is 14.3 Å². The van der Waals surface area contributed by atoms with Gasteiger partial charge in [-0.05, 0) is 24.3 Å². The fourth-order valence-electron chi connectivity index (χ4n) is 1.37. The van der Waals surface area contributed by atoms with Gasteiger partial charge in [0.15, 0.2) is 0 Å². The molecule has 1 fully saturated rings. The van der Waals surface area contributed by atoms with Gasteiger partial charge in [-0.1, -0.05) is 15.9 Å². The molecule has 0 unspecified atom stereocenters. The molecule has 0 N–H and O–H groups in total. The quantitative estimate of drug-likeness (QED) is 0.571. The molecule has 1 aliphatic heterocycles. The second kappa shape index (κ2) is 4.02. The Morgan fingerprint density at radius 1 is 1.20 bits per heavy atom. The topological polar surface area (TPSA) is 46.6 Å².